The van der Waals surface area contributed by atoms with E-state index in [-0.39, 0.29) is 49.3 Å². The molecule has 0 bridgehead atoms. The Morgan fingerprint density at radius 1 is 1.08 bits per heavy atom. The first-order valence-corrected chi connectivity index (χ1v) is 14.3. The van der Waals surface area contributed by atoms with Gasteiger partial charge in [-0.3, -0.25) is 14.5 Å². The molecule has 1 heterocycles. The molecule has 1 atom stereocenters. The van der Waals surface area contributed by atoms with Crippen molar-refractivity contribution in [1.82, 2.24) is 19.8 Å². The zero-order valence-electron chi connectivity index (χ0n) is 23.1. The summed E-state index contributed by atoms with van der Waals surface area (Å²) in [6.45, 7) is 12.3. The highest BCUT2D eigenvalue weighted by Gasteiger charge is 2.29. The van der Waals surface area contributed by atoms with Crippen LogP contribution in [0.5, 0.6) is 0 Å². The average Bonchev–Trinajstić information content (AvgIpc) is 2.96. The molecule has 204 valence electrons. The van der Waals surface area contributed by atoms with Crippen molar-refractivity contribution >= 4 is 34.5 Å². The lowest BCUT2D eigenvalue weighted by molar-refractivity contribution is -0.126. The minimum atomic E-state index is -0.299. The Morgan fingerprint density at radius 2 is 1.70 bits per heavy atom. The molecule has 2 N–H and O–H groups in total. The number of fused-ring (bicyclic) bond motifs is 1. The Labute approximate surface area is 226 Å². The van der Waals surface area contributed by atoms with Gasteiger partial charge in [0.15, 0.2) is 0 Å². The van der Waals surface area contributed by atoms with Crippen molar-refractivity contribution in [3.05, 3.63) is 47.8 Å². The fraction of sp³-hybridized carbons (Fsp3) is 0.517. The number of hydrogen-bond donors (Lipinski definition) is 2. The molecular formula is C29H43FN4O2S. The Bertz CT molecular complexity index is 1020. The van der Waals surface area contributed by atoms with Crippen LogP contribution in [0.1, 0.15) is 59.1 Å². The lowest BCUT2D eigenvalue weighted by Gasteiger charge is -2.40. The highest BCUT2D eigenvalue weighted by Crippen LogP contribution is 2.32. The summed E-state index contributed by atoms with van der Waals surface area (Å²) < 4.78 is 16.3. The van der Waals surface area contributed by atoms with Gasteiger partial charge in [0.1, 0.15) is 5.82 Å². The van der Waals surface area contributed by atoms with Crippen LogP contribution in [0.25, 0.3) is 10.8 Å². The molecule has 1 aliphatic rings. The number of nitrogens with one attached hydrogen (secondary N) is 2. The number of carbonyl (C=O) groups is 2. The van der Waals surface area contributed by atoms with Gasteiger partial charge in [-0.25, -0.2) is 8.70 Å². The van der Waals surface area contributed by atoms with Crippen LogP contribution in [-0.4, -0.2) is 66.0 Å². The van der Waals surface area contributed by atoms with Gasteiger partial charge in [-0.15, -0.1) is 6.42 Å². The van der Waals surface area contributed by atoms with Gasteiger partial charge < -0.3 is 10.6 Å². The first kappa shape index (κ1) is 32.4. The van der Waals surface area contributed by atoms with Gasteiger partial charge in [0.2, 0.25) is 11.8 Å². The van der Waals surface area contributed by atoms with E-state index in [1.165, 1.54) is 0 Å². The standard InChI is InChI=1S/C25H31FN4O2S.2C2H6/c1-4-13-27-24(31)16-28-25(32)17-30(33-3)19-11-14-29(15-12-19)18(2)20-9-10-23(26)22-8-6-5-7-21(20)22;2*1-2/h1,5-10,18-19H,11-17H2,2-3H3,(H,27,31)(H,28,32);2*1-2H3. The third kappa shape index (κ3) is 9.66. The highest BCUT2D eigenvalue weighted by atomic mass is 32.2. The van der Waals surface area contributed by atoms with Gasteiger partial charge in [0.25, 0.3) is 0 Å². The van der Waals surface area contributed by atoms with Gasteiger partial charge in [0, 0.05) is 30.6 Å². The fourth-order valence-corrected chi connectivity index (χ4v) is 5.09. The van der Waals surface area contributed by atoms with Crippen molar-refractivity contribution in [2.45, 2.75) is 59.5 Å². The third-order valence-electron chi connectivity index (χ3n) is 6.18. The van der Waals surface area contributed by atoms with E-state index in [2.05, 4.69) is 32.7 Å². The number of hydrogen-bond acceptors (Lipinski definition) is 5. The van der Waals surface area contributed by atoms with Crippen LogP contribution >= 0.6 is 11.9 Å². The van der Waals surface area contributed by atoms with Crippen LogP contribution in [-0.2, 0) is 9.59 Å². The van der Waals surface area contributed by atoms with E-state index in [1.54, 1.807) is 18.0 Å². The number of terminal acetylenes is 1. The first-order valence-electron chi connectivity index (χ1n) is 13.1. The number of piperidine rings is 1. The summed E-state index contributed by atoms with van der Waals surface area (Å²) >= 11 is 1.55. The van der Waals surface area contributed by atoms with E-state index in [1.807, 2.05) is 64.3 Å². The van der Waals surface area contributed by atoms with Crippen LogP contribution < -0.4 is 10.6 Å². The molecule has 2 amide bonds. The second-order valence-corrected chi connectivity index (χ2v) is 8.97. The van der Waals surface area contributed by atoms with E-state index >= 15 is 0 Å². The summed E-state index contributed by atoms with van der Waals surface area (Å²) in [5.41, 5.74) is 1.13. The second kappa shape index (κ2) is 17.8. The largest absolute Gasteiger partial charge is 0.346 e. The third-order valence-corrected chi connectivity index (χ3v) is 7.07. The van der Waals surface area contributed by atoms with Gasteiger partial charge in [0.05, 0.1) is 19.6 Å². The van der Waals surface area contributed by atoms with Crippen LogP contribution in [0.2, 0.25) is 0 Å². The van der Waals surface area contributed by atoms with Crippen LogP contribution in [0.15, 0.2) is 36.4 Å². The maximum absolute atomic E-state index is 14.2. The molecule has 0 spiro atoms. The molecule has 1 aliphatic heterocycles. The predicted molar refractivity (Wildman–Crippen MR) is 155 cm³/mol. The van der Waals surface area contributed by atoms with Crippen LogP contribution in [0, 0.1) is 18.2 Å². The maximum Gasteiger partial charge on any atom is 0.240 e. The molecule has 0 aliphatic carbocycles. The lowest BCUT2D eigenvalue weighted by Crippen LogP contribution is -2.47. The number of rotatable bonds is 9. The quantitative estimate of drug-likeness (QED) is 0.353. The lowest BCUT2D eigenvalue weighted by atomic mass is 9.96. The normalized spacial score (nSPS) is 14.5. The molecule has 0 radical (unpaired) electrons. The summed E-state index contributed by atoms with van der Waals surface area (Å²) in [4.78, 5) is 26.4. The summed E-state index contributed by atoms with van der Waals surface area (Å²) in [6.07, 6.45) is 8.94. The minimum absolute atomic E-state index is 0.0790. The Kier molecular flexibility index (Phi) is 15.6. The Morgan fingerprint density at radius 3 is 2.30 bits per heavy atom. The SMILES string of the molecule is C#CCNC(=O)CNC(=O)CN(SC)C1CCN(C(C)c2ccc(F)c3ccccc23)CC1.CC.CC. The van der Waals surface area contributed by atoms with E-state index in [0.717, 1.165) is 36.9 Å². The van der Waals surface area contributed by atoms with Crippen LogP contribution in [0.3, 0.4) is 0 Å². The highest BCUT2D eigenvalue weighted by molar-refractivity contribution is 7.96. The van der Waals surface area contributed by atoms with Crippen molar-refractivity contribution in [2.24, 2.45) is 0 Å². The molecular weight excluding hydrogens is 487 g/mol. The molecule has 0 saturated carbocycles. The predicted octanol–water partition coefficient (Wildman–Crippen LogP) is 5.00. The second-order valence-electron chi connectivity index (χ2n) is 8.14. The average molecular weight is 531 g/mol. The Balaban J connectivity index is 0.00000163. The number of likely N-dealkylation sites (tertiary alicyclic amines) is 1. The molecule has 1 unspecified atom stereocenters. The molecule has 3 rings (SSSR count). The number of halogens is 1. The molecule has 8 heteroatoms. The van der Waals surface area contributed by atoms with Gasteiger partial charge in [-0.1, -0.05) is 75.9 Å². The number of amides is 2. The topological polar surface area (TPSA) is 64.7 Å². The molecule has 1 saturated heterocycles. The minimum Gasteiger partial charge on any atom is -0.346 e. The van der Waals surface area contributed by atoms with Crippen LogP contribution in [0.4, 0.5) is 4.39 Å². The fourth-order valence-electron chi connectivity index (χ4n) is 4.34. The number of carbonyl (C=O) groups excluding carboxylic acids is 2. The molecule has 0 aromatic heterocycles. The zero-order valence-corrected chi connectivity index (χ0v) is 24.0. The summed E-state index contributed by atoms with van der Waals surface area (Å²) in [6, 6.07) is 11.5. The van der Waals surface area contributed by atoms with E-state index in [4.69, 9.17) is 6.42 Å². The monoisotopic (exact) mass is 530 g/mol. The van der Waals surface area contributed by atoms with Crippen molar-refractivity contribution in [3.63, 3.8) is 0 Å². The summed E-state index contributed by atoms with van der Waals surface area (Å²) in [5.74, 6) is 1.65. The summed E-state index contributed by atoms with van der Waals surface area (Å²) in [5, 5.41) is 6.79. The van der Waals surface area contributed by atoms with Crippen molar-refractivity contribution < 1.29 is 14.0 Å². The van der Waals surface area contributed by atoms with Gasteiger partial charge in [-0.2, -0.15) is 0 Å². The van der Waals surface area contributed by atoms with Crippen molar-refractivity contribution in [3.8, 4) is 12.3 Å². The molecule has 1 fully saturated rings. The van der Waals surface area contributed by atoms with Gasteiger partial charge >= 0.3 is 0 Å². The summed E-state index contributed by atoms with van der Waals surface area (Å²) in [7, 11) is 0. The van der Waals surface area contributed by atoms with Gasteiger partial charge in [-0.05, 0) is 43.0 Å². The van der Waals surface area contributed by atoms with E-state index < -0.39 is 0 Å². The Hall–Kier alpha value is -2.60. The van der Waals surface area contributed by atoms with E-state index in [9.17, 15) is 14.0 Å². The molecule has 6 nitrogen and oxygen atoms in total. The molecule has 2 aromatic rings. The molecule has 2 aromatic carbocycles. The van der Waals surface area contributed by atoms with Crippen molar-refractivity contribution in [1.29, 1.82) is 0 Å². The molecule has 37 heavy (non-hydrogen) atoms. The smallest absolute Gasteiger partial charge is 0.240 e. The number of nitrogens with zero attached hydrogens (tertiary/aromatic N) is 2. The van der Waals surface area contributed by atoms with Crippen molar-refractivity contribution in [2.75, 3.05) is 39.0 Å². The maximum atomic E-state index is 14.2. The first-order chi connectivity index (χ1) is 17.9. The van der Waals surface area contributed by atoms with E-state index in [0.29, 0.717) is 5.39 Å². The number of benzene rings is 2. The zero-order chi connectivity index (χ0) is 27.8.